The van der Waals surface area contributed by atoms with E-state index in [-0.39, 0.29) is 6.61 Å². The smallest absolute Gasteiger partial charge is 0.112 e. The van der Waals surface area contributed by atoms with Gasteiger partial charge in [-0.25, -0.2) is 0 Å². The lowest BCUT2D eigenvalue weighted by molar-refractivity contribution is -0.0326. The third kappa shape index (κ3) is 6.55. The highest BCUT2D eigenvalue weighted by Gasteiger charge is 2.18. The number of hydrogen-bond donors (Lipinski definition) is 1. The van der Waals surface area contributed by atoms with E-state index >= 15 is 0 Å². The van der Waals surface area contributed by atoms with Crippen molar-refractivity contribution >= 4 is 0 Å². The van der Waals surface area contributed by atoms with Crippen LogP contribution >= 0.6 is 0 Å². The summed E-state index contributed by atoms with van der Waals surface area (Å²) >= 11 is 0. The largest absolute Gasteiger partial charge is 0.497 e. The summed E-state index contributed by atoms with van der Waals surface area (Å²) < 4.78 is 11.0. The summed E-state index contributed by atoms with van der Waals surface area (Å²) in [6.07, 6.45) is 7.11. The van der Waals surface area contributed by atoms with Gasteiger partial charge in [-0.3, -0.25) is 0 Å². The molecule has 20 heavy (non-hydrogen) atoms. The molecule has 0 spiro atoms. The fraction of sp³-hybridized carbons (Fsp3) is 0.412. The van der Waals surface area contributed by atoms with E-state index < -0.39 is 5.60 Å². The SMILES string of the molecule is C=C[C@](C)(CO)OCCCC=COCc1ccccc1. The van der Waals surface area contributed by atoms with Gasteiger partial charge >= 0.3 is 0 Å². The van der Waals surface area contributed by atoms with Crippen molar-refractivity contribution in [3.63, 3.8) is 0 Å². The second-order valence-electron chi connectivity index (χ2n) is 4.83. The van der Waals surface area contributed by atoms with E-state index in [1.54, 1.807) is 12.3 Å². The van der Waals surface area contributed by atoms with Crippen LogP contribution in [0.3, 0.4) is 0 Å². The van der Waals surface area contributed by atoms with Gasteiger partial charge in [0.1, 0.15) is 12.2 Å². The Morgan fingerprint density at radius 2 is 2.05 bits per heavy atom. The van der Waals surface area contributed by atoms with Crippen LogP contribution in [-0.4, -0.2) is 23.9 Å². The van der Waals surface area contributed by atoms with Gasteiger partial charge in [0.05, 0.1) is 12.9 Å². The maximum atomic E-state index is 9.14. The summed E-state index contributed by atoms with van der Waals surface area (Å²) in [5, 5.41) is 9.14. The van der Waals surface area contributed by atoms with Gasteiger partial charge in [-0.2, -0.15) is 0 Å². The molecule has 0 aliphatic heterocycles. The number of aliphatic hydroxyl groups is 1. The van der Waals surface area contributed by atoms with Crippen molar-refractivity contribution in [3.05, 3.63) is 60.9 Å². The molecule has 1 atom stereocenters. The molecule has 0 saturated carbocycles. The van der Waals surface area contributed by atoms with Gasteiger partial charge in [0.2, 0.25) is 0 Å². The second-order valence-corrected chi connectivity index (χ2v) is 4.83. The van der Waals surface area contributed by atoms with Crippen molar-refractivity contribution in [2.75, 3.05) is 13.2 Å². The van der Waals surface area contributed by atoms with Crippen molar-refractivity contribution in [1.82, 2.24) is 0 Å². The van der Waals surface area contributed by atoms with Crippen molar-refractivity contribution in [3.8, 4) is 0 Å². The van der Waals surface area contributed by atoms with Gasteiger partial charge < -0.3 is 14.6 Å². The third-order valence-electron chi connectivity index (χ3n) is 2.98. The van der Waals surface area contributed by atoms with Gasteiger partial charge in [-0.05, 0) is 31.4 Å². The van der Waals surface area contributed by atoms with E-state index in [0.29, 0.717) is 13.2 Å². The molecule has 0 saturated heterocycles. The summed E-state index contributed by atoms with van der Waals surface area (Å²) in [6.45, 7) is 6.60. The van der Waals surface area contributed by atoms with Crippen molar-refractivity contribution < 1.29 is 14.6 Å². The maximum Gasteiger partial charge on any atom is 0.112 e. The molecule has 0 radical (unpaired) electrons. The van der Waals surface area contributed by atoms with Crippen LogP contribution in [0.5, 0.6) is 0 Å². The average Bonchev–Trinajstić information content (AvgIpc) is 2.50. The van der Waals surface area contributed by atoms with Gasteiger partial charge in [0.25, 0.3) is 0 Å². The molecule has 3 nitrogen and oxygen atoms in total. The third-order valence-corrected chi connectivity index (χ3v) is 2.98. The minimum absolute atomic E-state index is 0.0491. The minimum Gasteiger partial charge on any atom is -0.497 e. The Labute approximate surface area is 121 Å². The monoisotopic (exact) mass is 276 g/mol. The maximum absolute atomic E-state index is 9.14. The molecule has 0 aromatic heterocycles. The predicted octanol–water partition coefficient (Wildman–Crippen LogP) is 3.45. The van der Waals surface area contributed by atoms with Crippen LogP contribution in [0, 0.1) is 0 Å². The predicted molar refractivity (Wildman–Crippen MR) is 81.2 cm³/mol. The average molecular weight is 276 g/mol. The van der Waals surface area contributed by atoms with Crippen LogP contribution in [0.25, 0.3) is 0 Å². The Morgan fingerprint density at radius 1 is 1.30 bits per heavy atom. The van der Waals surface area contributed by atoms with Crippen molar-refractivity contribution in [1.29, 1.82) is 0 Å². The number of ether oxygens (including phenoxy) is 2. The quantitative estimate of drug-likeness (QED) is 0.404. The van der Waals surface area contributed by atoms with Gasteiger partial charge in [0.15, 0.2) is 0 Å². The summed E-state index contributed by atoms with van der Waals surface area (Å²) in [6, 6.07) is 10.1. The van der Waals surface area contributed by atoms with Gasteiger partial charge in [-0.1, -0.05) is 36.4 Å². The van der Waals surface area contributed by atoms with E-state index in [1.807, 2.05) is 43.3 Å². The lowest BCUT2D eigenvalue weighted by Crippen LogP contribution is -2.30. The zero-order valence-electron chi connectivity index (χ0n) is 12.1. The number of hydrogen-bond acceptors (Lipinski definition) is 3. The minimum atomic E-state index is -0.631. The fourth-order valence-electron chi connectivity index (χ4n) is 1.53. The van der Waals surface area contributed by atoms with Gasteiger partial charge in [0, 0.05) is 6.61 Å². The molecular formula is C17H24O3. The van der Waals surface area contributed by atoms with Crippen LogP contribution in [0.4, 0.5) is 0 Å². The molecule has 0 unspecified atom stereocenters. The van der Waals surface area contributed by atoms with E-state index in [4.69, 9.17) is 14.6 Å². The first kappa shape index (κ1) is 16.5. The Balaban J connectivity index is 2.07. The lowest BCUT2D eigenvalue weighted by atomic mass is 10.1. The number of allylic oxidation sites excluding steroid dienone is 1. The first-order valence-electron chi connectivity index (χ1n) is 6.89. The second kappa shape index (κ2) is 9.34. The molecule has 1 aromatic carbocycles. The number of benzene rings is 1. The van der Waals surface area contributed by atoms with E-state index in [0.717, 1.165) is 18.4 Å². The highest BCUT2D eigenvalue weighted by atomic mass is 16.5. The Morgan fingerprint density at radius 3 is 2.70 bits per heavy atom. The van der Waals surface area contributed by atoms with Crippen LogP contribution in [-0.2, 0) is 16.1 Å². The van der Waals surface area contributed by atoms with Crippen molar-refractivity contribution in [2.45, 2.75) is 32.0 Å². The van der Waals surface area contributed by atoms with Crippen molar-refractivity contribution in [2.24, 2.45) is 0 Å². The molecule has 110 valence electrons. The Bertz CT molecular complexity index is 400. The molecule has 0 aliphatic rings. The van der Waals surface area contributed by atoms with E-state index in [2.05, 4.69) is 6.58 Å². The molecule has 1 rings (SSSR count). The highest BCUT2D eigenvalue weighted by Crippen LogP contribution is 2.11. The summed E-state index contributed by atoms with van der Waals surface area (Å²) in [7, 11) is 0. The van der Waals surface area contributed by atoms with Crippen LogP contribution in [0.1, 0.15) is 25.3 Å². The molecule has 0 amide bonds. The normalized spacial score (nSPS) is 14.1. The van der Waals surface area contributed by atoms with Crippen LogP contribution < -0.4 is 0 Å². The standard InChI is InChI=1S/C17H24O3/c1-3-17(2,15-18)20-13-9-5-8-12-19-14-16-10-6-4-7-11-16/h3-4,6-8,10-12,18H,1,5,9,13-15H2,2H3/t17-/m1/s1. The molecule has 0 bridgehead atoms. The summed E-state index contributed by atoms with van der Waals surface area (Å²) in [5.41, 5.74) is 0.526. The topological polar surface area (TPSA) is 38.7 Å². The number of aliphatic hydroxyl groups excluding tert-OH is 1. The number of unbranched alkanes of at least 4 members (excludes halogenated alkanes) is 1. The lowest BCUT2D eigenvalue weighted by Gasteiger charge is -2.23. The highest BCUT2D eigenvalue weighted by molar-refractivity contribution is 5.13. The van der Waals surface area contributed by atoms with Gasteiger partial charge in [-0.15, -0.1) is 6.58 Å². The molecule has 0 heterocycles. The van der Waals surface area contributed by atoms with E-state index in [1.165, 1.54) is 0 Å². The molecule has 1 N–H and O–H groups in total. The zero-order valence-corrected chi connectivity index (χ0v) is 12.1. The van der Waals surface area contributed by atoms with E-state index in [9.17, 15) is 0 Å². The van der Waals surface area contributed by atoms with Crippen LogP contribution in [0.2, 0.25) is 0 Å². The Kier molecular flexibility index (Phi) is 7.70. The molecule has 3 heteroatoms. The fourth-order valence-corrected chi connectivity index (χ4v) is 1.53. The molecular weight excluding hydrogens is 252 g/mol. The molecule has 0 aliphatic carbocycles. The first-order valence-corrected chi connectivity index (χ1v) is 6.89. The zero-order chi connectivity index (χ0) is 14.7. The molecule has 0 fully saturated rings. The number of rotatable bonds is 10. The van der Waals surface area contributed by atoms with Crippen LogP contribution in [0.15, 0.2) is 55.3 Å². The summed E-state index contributed by atoms with van der Waals surface area (Å²) in [4.78, 5) is 0. The molecule has 1 aromatic rings. The Hall–Kier alpha value is -1.58. The summed E-state index contributed by atoms with van der Waals surface area (Å²) in [5.74, 6) is 0. The first-order chi connectivity index (χ1) is 9.70.